The molecule has 0 spiro atoms. The number of rotatable bonds is 5. The van der Waals surface area contributed by atoms with Crippen molar-refractivity contribution in [1.82, 2.24) is 4.98 Å². The highest BCUT2D eigenvalue weighted by molar-refractivity contribution is 7.98. The van der Waals surface area contributed by atoms with Gasteiger partial charge in [-0.1, -0.05) is 6.07 Å². The largest absolute Gasteiger partial charge is 0.503 e. The number of benzene rings is 1. The van der Waals surface area contributed by atoms with Gasteiger partial charge < -0.3 is 14.8 Å². The topological polar surface area (TPSA) is 62.3 Å². The zero-order valence-corrected chi connectivity index (χ0v) is 11.4. The Balaban J connectivity index is 2.03. The Hall–Kier alpha value is -1.88. The molecule has 0 bridgehead atoms. The van der Waals surface area contributed by atoms with Crippen LogP contribution in [0, 0.1) is 0 Å². The summed E-state index contributed by atoms with van der Waals surface area (Å²) in [5.74, 6) is 1.21. The monoisotopic (exact) mass is 277 g/mol. The van der Waals surface area contributed by atoms with Crippen LogP contribution in [0.3, 0.4) is 0 Å². The van der Waals surface area contributed by atoms with E-state index in [2.05, 4.69) is 4.98 Å². The highest BCUT2D eigenvalue weighted by Gasteiger charge is 2.02. The molecule has 4 nitrogen and oxygen atoms in total. The summed E-state index contributed by atoms with van der Waals surface area (Å²) in [7, 11) is 0. The molecule has 0 fully saturated rings. The molecule has 0 unspecified atom stereocenters. The summed E-state index contributed by atoms with van der Waals surface area (Å²) in [5.41, 5.74) is 0.409. The molecule has 2 rings (SSSR count). The number of aromatic nitrogens is 1. The fraction of sp³-hybridized carbons (Fsp3) is 0.214. The van der Waals surface area contributed by atoms with E-state index >= 15 is 0 Å². The normalized spacial score (nSPS) is 10.4. The Morgan fingerprint density at radius 2 is 2.21 bits per heavy atom. The molecule has 5 heteroatoms. The van der Waals surface area contributed by atoms with E-state index in [9.17, 15) is 4.79 Å². The second-order valence-corrected chi connectivity index (χ2v) is 4.95. The number of nitrogens with one attached hydrogen (secondary N) is 1. The van der Waals surface area contributed by atoms with Crippen molar-refractivity contribution < 1.29 is 9.84 Å². The van der Waals surface area contributed by atoms with Gasteiger partial charge in [-0.2, -0.15) is 0 Å². The molecule has 1 heterocycles. The van der Waals surface area contributed by atoms with Crippen LogP contribution in [-0.2, 0) is 5.75 Å². The molecule has 0 aliphatic rings. The SMILES string of the molecule is CCOc1cccc(SCc2cc(=O)c(O)c[nH]2)c1. The number of H-pyrrole nitrogens is 1. The summed E-state index contributed by atoms with van der Waals surface area (Å²) in [4.78, 5) is 15.2. The van der Waals surface area contributed by atoms with Gasteiger partial charge in [0.05, 0.1) is 6.61 Å². The minimum absolute atomic E-state index is 0.257. The van der Waals surface area contributed by atoms with Crippen molar-refractivity contribution in [3.05, 3.63) is 52.4 Å². The number of aromatic hydroxyl groups is 1. The minimum Gasteiger partial charge on any atom is -0.503 e. The van der Waals surface area contributed by atoms with Crippen LogP contribution < -0.4 is 10.2 Å². The fourth-order valence-electron chi connectivity index (χ4n) is 1.57. The Morgan fingerprint density at radius 3 is 2.95 bits per heavy atom. The van der Waals surface area contributed by atoms with E-state index in [0.29, 0.717) is 12.4 Å². The quantitative estimate of drug-likeness (QED) is 0.825. The van der Waals surface area contributed by atoms with E-state index in [0.717, 1.165) is 16.3 Å². The molecule has 1 aromatic carbocycles. The van der Waals surface area contributed by atoms with Crippen LogP contribution in [-0.4, -0.2) is 16.7 Å². The second kappa shape index (κ2) is 6.33. The molecule has 2 N–H and O–H groups in total. The van der Waals surface area contributed by atoms with Gasteiger partial charge in [0.15, 0.2) is 5.75 Å². The van der Waals surface area contributed by atoms with Gasteiger partial charge in [-0.05, 0) is 25.1 Å². The van der Waals surface area contributed by atoms with Crippen LogP contribution in [0.4, 0.5) is 0 Å². The molecule has 0 aliphatic carbocycles. The summed E-state index contributed by atoms with van der Waals surface area (Å²) >= 11 is 1.60. The highest BCUT2D eigenvalue weighted by atomic mass is 32.2. The zero-order valence-electron chi connectivity index (χ0n) is 10.6. The van der Waals surface area contributed by atoms with Crippen LogP contribution in [0.15, 0.2) is 46.2 Å². The first-order valence-electron chi connectivity index (χ1n) is 5.95. The maximum Gasteiger partial charge on any atom is 0.223 e. The maximum absolute atomic E-state index is 11.3. The smallest absolute Gasteiger partial charge is 0.223 e. The van der Waals surface area contributed by atoms with Gasteiger partial charge in [0, 0.05) is 28.6 Å². The lowest BCUT2D eigenvalue weighted by Crippen LogP contribution is -2.01. The molecular formula is C14H15NO3S. The summed E-state index contributed by atoms with van der Waals surface area (Å²) in [6.45, 7) is 2.58. The van der Waals surface area contributed by atoms with Crippen molar-refractivity contribution in [2.75, 3.05) is 6.61 Å². The van der Waals surface area contributed by atoms with Crippen molar-refractivity contribution in [3.8, 4) is 11.5 Å². The van der Waals surface area contributed by atoms with Crippen molar-refractivity contribution in [2.45, 2.75) is 17.6 Å². The number of pyridine rings is 1. The Bertz CT molecular complexity index is 610. The van der Waals surface area contributed by atoms with E-state index in [1.165, 1.54) is 12.3 Å². The third-order valence-corrected chi connectivity index (χ3v) is 3.51. The van der Waals surface area contributed by atoms with Crippen LogP contribution in [0.2, 0.25) is 0 Å². The molecule has 1 aromatic heterocycles. The molecule has 0 aliphatic heterocycles. The number of thioether (sulfide) groups is 1. The summed E-state index contributed by atoms with van der Waals surface area (Å²) in [6, 6.07) is 9.22. The molecule has 0 atom stereocenters. The van der Waals surface area contributed by atoms with E-state index < -0.39 is 0 Å². The standard InChI is InChI=1S/C14H15NO3S/c1-2-18-11-4-3-5-12(7-11)19-9-10-6-13(16)14(17)8-15-10/h3-8,17H,2,9H2,1H3,(H,15,16). The molecule has 19 heavy (non-hydrogen) atoms. The molecule has 0 radical (unpaired) electrons. The summed E-state index contributed by atoms with van der Waals surface area (Å²) in [6.07, 6.45) is 1.31. The fourth-order valence-corrected chi connectivity index (χ4v) is 2.43. The van der Waals surface area contributed by atoms with Crippen molar-refractivity contribution >= 4 is 11.8 Å². The average Bonchev–Trinajstić information content (AvgIpc) is 2.41. The second-order valence-electron chi connectivity index (χ2n) is 3.90. The first-order chi connectivity index (χ1) is 9.19. The maximum atomic E-state index is 11.3. The van der Waals surface area contributed by atoms with Crippen LogP contribution in [0.25, 0.3) is 0 Å². The lowest BCUT2D eigenvalue weighted by Gasteiger charge is -2.06. The molecule has 0 saturated carbocycles. The molecule has 0 amide bonds. The van der Waals surface area contributed by atoms with Crippen molar-refractivity contribution in [2.24, 2.45) is 0 Å². The van der Waals surface area contributed by atoms with E-state index in [1.807, 2.05) is 31.2 Å². The lowest BCUT2D eigenvalue weighted by atomic mass is 10.3. The summed E-state index contributed by atoms with van der Waals surface area (Å²) < 4.78 is 5.43. The van der Waals surface area contributed by atoms with Crippen LogP contribution in [0.5, 0.6) is 11.5 Å². The minimum atomic E-state index is -0.364. The molecule has 0 saturated heterocycles. The van der Waals surface area contributed by atoms with E-state index in [1.54, 1.807) is 11.8 Å². The van der Waals surface area contributed by atoms with Crippen molar-refractivity contribution in [3.63, 3.8) is 0 Å². The first-order valence-corrected chi connectivity index (χ1v) is 6.94. The highest BCUT2D eigenvalue weighted by Crippen LogP contribution is 2.25. The lowest BCUT2D eigenvalue weighted by molar-refractivity contribution is 0.339. The van der Waals surface area contributed by atoms with Gasteiger partial charge in [0.25, 0.3) is 0 Å². The van der Waals surface area contributed by atoms with E-state index in [4.69, 9.17) is 9.84 Å². The van der Waals surface area contributed by atoms with Gasteiger partial charge in [-0.25, -0.2) is 0 Å². The van der Waals surface area contributed by atoms with Gasteiger partial charge in [0.1, 0.15) is 5.75 Å². The van der Waals surface area contributed by atoms with Gasteiger partial charge >= 0.3 is 0 Å². The number of aromatic amines is 1. The predicted octanol–water partition coefficient (Wildman–Crippen LogP) is 2.77. The third-order valence-electron chi connectivity index (χ3n) is 2.46. The number of ether oxygens (including phenoxy) is 1. The van der Waals surface area contributed by atoms with Crippen LogP contribution >= 0.6 is 11.8 Å². The zero-order chi connectivity index (χ0) is 13.7. The third kappa shape index (κ3) is 3.79. The number of hydrogen-bond acceptors (Lipinski definition) is 4. The molecular weight excluding hydrogens is 262 g/mol. The molecule has 2 aromatic rings. The Labute approximate surface area is 115 Å². The van der Waals surface area contributed by atoms with Crippen LogP contribution in [0.1, 0.15) is 12.6 Å². The molecule has 100 valence electrons. The van der Waals surface area contributed by atoms with Gasteiger partial charge in [-0.15, -0.1) is 11.8 Å². The predicted molar refractivity (Wildman–Crippen MR) is 75.9 cm³/mol. The van der Waals surface area contributed by atoms with E-state index in [-0.39, 0.29) is 11.2 Å². The van der Waals surface area contributed by atoms with Gasteiger partial charge in [-0.3, -0.25) is 4.79 Å². The Kier molecular flexibility index (Phi) is 4.52. The average molecular weight is 277 g/mol. The first kappa shape index (κ1) is 13.5. The van der Waals surface area contributed by atoms with Crippen molar-refractivity contribution in [1.29, 1.82) is 0 Å². The van der Waals surface area contributed by atoms with Gasteiger partial charge in [0.2, 0.25) is 5.43 Å². The summed E-state index contributed by atoms with van der Waals surface area (Å²) in [5, 5.41) is 9.16. The Morgan fingerprint density at radius 1 is 1.37 bits per heavy atom. The number of hydrogen-bond donors (Lipinski definition) is 2.